The number of anilines is 1. The lowest BCUT2D eigenvalue weighted by atomic mass is 9.77. The average molecular weight is 290 g/mol. The van der Waals surface area contributed by atoms with E-state index in [9.17, 15) is 4.79 Å². The minimum absolute atomic E-state index is 0.0240. The molecule has 0 aromatic carbocycles. The van der Waals surface area contributed by atoms with E-state index in [2.05, 4.69) is 29.5 Å². The van der Waals surface area contributed by atoms with Crippen molar-refractivity contribution in [1.29, 1.82) is 0 Å². The van der Waals surface area contributed by atoms with Crippen LogP contribution in [0.2, 0.25) is 0 Å². The van der Waals surface area contributed by atoms with Gasteiger partial charge in [-0.15, -0.1) is 0 Å². The van der Waals surface area contributed by atoms with Crippen LogP contribution in [0.15, 0.2) is 18.3 Å². The minimum atomic E-state index is -0.0240. The Labute approximate surface area is 127 Å². The van der Waals surface area contributed by atoms with Crippen LogP contribution >= 0.6 is 0 Å². The minimum Gasteiger partial charge on any atom is -0.368 e. The van der Waals surface area contributed by atoms with E-state index in [0.29, 0.717) is 17.0 Å². The summed E-state index contributed by atoms with van der Waals surface area (Å²) < 4.78 is 0. The monoisotopic (exact) mass is 290 g/mol. The molecule has 2 N–H and O–H groups in total. The van der Waals surface area contributed by atoms with Gasteiger partial charge < -0.3 is 15.5 Å². The van der Waals surface area contributed by atoms with Gasteiger partial charge in [0.1, 0.15) is 5.82 Å². The standard InChI is InChI=1S/C16H26N4O/c1-16(2)8-5-9-17-13(16)11-19-14-7-6-12(10-18-14)15(21)20(3)4/h6-7,10,13,17H,5,8-9,11H2,1-4H3,(H,18,19). The van der Waals surface area contributed by atoms with E-state index < -0.39 is 0 Å². The van der Waals surface area contributed by atoms with Gasteiger partial charge in [-0.25, -0.2) is 4.98 Å². The van der Waals surface area contributed by atoms with E-state index >= 15 is 0 Å². The summed E-state index contributed by atoms with van der Waals surface area (Å²) in [5.41, 5.74) is 0.910. The molecule has 1 unspecified atom stereocenters. The largest absolute Gasteiger partial charge is 0.368 e. The summed E-state index contributed by atoms with van der Waals surface area (Å²) in [5.74, 6) is 0.789. The summed E-state index contributed by atoms with van der Waals surface area (Å²) in [6, 6.07) is 4.13. The van der Waals surface area contributed by atoms with Crippen molar-refractivity contribution in [3.63, 3.8) is 0 Å². The molecule has 1 saturated heterocycles. The smallest absolute Gasteiger partial charge is 0.254 e. The van der Waals surface area contributed by atoms with Crippen molar-refractivity contribution in [2.75, 3.05) is 32.5 Å². The zero-order valence-electron chi connectivity index (χ0n) is 13.4. The number of aromatic nitrogens is 1. The first kappa shape index (κ1) is 15.8. The third-order valence-electron chi connectivity index (χ3n) is 4.24. The zero-order valence-corrected chi connectivity index (χ0v) is 13.4. The van der Waals surface area contributed by atoms with E-state index in [1.54, 1.807) is 25.2 Å². The number of hydrogen-bond acceptors (Lipinski definition) is 4. The number of nitrogens with zero attached hydrogens (tertiary/aromatic N) is 2. The molecule has 2 heterocycles. The Morgan fingerprint density at radius 2 is 2.24 bits per heavy atom. The van der Waals surface area contributed by atoms with Gasteiger partial charge in [-0.2, -0.15) is 0 Å². The second kappa shape index (κ2) is 6.43. The Balaban J connectivity index is 1.93. The Kier molecular flexibility index (Phi) is 4.83. The zero-order chi connectivity index (χ0) is 15.5. The number of amides is 1. The van der Waals surface area contributed by atoms with Gasteiger partial charge in [0.2, 0.25) is 0 Å². The SMILES string of the molecule is CN(C)C(=O)c1ccc(NCC2NCCCC2(C)C)nc1. The van der Waals surface area contributed by atoms with Crippen LogP contribution in [0, 0.1) is 5.41 Å². The molecule has 0 aliphatic carbocycles. The van der Waals surface area contributed by atoms with Crippen LogP contribution in [0.4, 0.5) is 5.82 Å². The number of nitrogens with one attached hydrogen (secondary N) is 2. The molecule has 1 amide bonds. The Morgan fingerprint density at radius 1 is 1.48 bits per heavy atom. The van der Waals surface area contributed by atoms with Crippen molar-refractivity contribution in [1.82, 2.24) is 15.2 Å². The molecule has 0 spiro atoms. The van der Waals surface area contributed by atoms with Crippen molar-refractivity contribution in [2.45, 2.75) is 32.7 Å². The van der Waals surface area contributed by atoms with Crippen molar-refractivity contribution in [2.24, 2.45) is 5.41 Å². The molecule has 0 radical (unpaired) electrons. The predicted octanol–water partition coefficient (Wildman–Crippen LogP) is 1.97. The molecule has 116 valence electrons. The van der Waals surface area contributed by atoms with Crippen molar-refractivity contribution < 1.29 is 4.79 Å². The number of pyridine rings is 1. The quantitative estimate of drug-likeness (QED) is 0.890. The fraction of sp³-hybridized carbons (Fsp3) is 0.625. The maximum atomic E-state index is 11.8. The summed E-state index contributed by atoms with van der Waals surface area (Å²) in [7, 11) is 3.48. The highest BCUT2D eigenvalue weighted by molar-refractivity contribution is 5.93. The Bertz CT molecular complexity index is 482. The highest BCUT2D eigenvalue weighted by atomic mass is 16.2. The van der Waals surface area contributed by atoms with Crippen molar-refractivity contribution in [3.8, 4) is 0 Å². The van der Waals surface area contributed by atoms with Gasteiger partial charge in [-0.05, 0) is 36.9 Å². The van der Waals surface area contributed by atoms with Gasteiger partial charge in [0, 0.05) is 32.9 Å². The first-order chi connectivity index (χ1) is 9.90. The molecule has 1 fully saturated rings. The van der Waals surface area contributed by atoms with E-state index in [1.807, 2.05) is 12.1 Å². The van der Waals surface area contributed by atoms with Crippen molar-refractivity contribution >= 4 is 11.7 Å². The number of carbonyl (C=O) groups is 1. The molecule has 21 heavy (non-hydrogen) atoms. The molecule has 0 bridgehead atoms. The van der Waals surface area contributed by atoms with Crippen LogP contribution in [0.25, 0.3) is 0 Å². The highest BCUT2D eigenvalue weighted by Crippen LogP contribution is 2.30. The van der Waals surface area contributed by atoms with Gasteiger partial charge in [-0.1, -0.05) is 13.8 Å². The summed E-state index contributed by atoms with van der Waals surface area (Å²) >= 11 is 0. The molecule has 1 aromatic rings. The molecular formula is C16H26N4O. The molecule has 1 atom stereocenters. The van der Waals surface area contributed by atoms with Crippen LogP contribution in [-0.4, -0.2) is 49.0 Å². The third-order valence-corrected chi connectivity index (χ3v) is 4.24. The Hall–Kier alpha value is -1.62. The number of carbonyl (C=O) groups excluding carboxylic acids is 1. The van der Waals surface area contributed by atoms with E-state index in [4.69, 9.17) is 0 Å². The molecule has 1 aliphatic heterocycles. The van der Waals surface area contributed by atoms with Gasteiger partial charge in [0.05, 0.1) is 5.56 Å². The third kappa shape index (κ3) is 3.94. The molecule has 1 aromatic heterocycles. The average Bonchev–Trinajstić information content (AvgIpc) is 2.45. The van der Waals surface area contributed by atoms with Gasteiger partial charge in [0.25, 0.3) is 5.91 Å². The summed E-state index contributed by atoms with van der Waals surface area (Å²) in [5, 5.41) is 6.94. The molecule has 5 nitrogen and oxygen atoms in total. The topological polar surface area (TPSA) is 57.3 Å². The maximum absolute atomic E-state index is 11.8. The molecular weight excluding hydrogens is 264 g/mol. The number of piperidine rings is 1. The first-order valence-electron chi connectivity index (χ1n) is 7.55. The first-order valence-corrected chi connectivity index (χ1v) is 7.55. The Morgan fingerprint density at radius 3 is 2.81 bits per heavy atom. The van der Waals surface area contributed by atoms with Crippen LogP contribution in [-0.2, 0) is 0 Å². The molecule has 1 aliphatic rings. The lowest BCUT2D eigenvalue weighted by molar-refractivity contribution is 0.0827. The summed E-state index contributed by atoms with van der Waals surface area (Å²) in [6.07, 6.45) is 4.11. The van der Waals surface area contributed by atoms with E-state index in [0.717, 1.165) is 18.9 Å². The fourth-order valence-corrected chi connectivity index (χ4v) is 2.71. The predicted molar refractivity (Wildman–Crippen MR) is 85.5 cm³/mol. The lowest BCUT2D eigenvalue weighted by Crippen LogP contribution is -2.50. The number of rotatable bonds is 4. The maximum Gasteiger partial charge on any atom is 0.254 e. The van der Waals surface area contributed by atoms with Crippen LogP contribution in [0.5, 0.6) is 0 Å². The second-order valence-corrected chi connectivity index (χ2v) is 6.61. The fourth-order valence-electron chi connectivity index (χ4n) is 2.71. The molecule has 2 rings (SSSR count). The van der Waals surface area contributed by atoms with Gasteiger partial charge in [-0.3, -0.25) is 4.79 Å². The van der Waals surface area contributed by atoms with E-state index in [1.165, 1.54) is 12.8 Å². The summed E-state index contributed by atoms with van der Waals surface area (Å²) in [6.45, 7) is 6.54. The highest BCUT2D eigenvalue weighted by Gasteiger charge is 2.31. The van der Waals surface area contributed by atoms with Crippen LogP contribution < -0.4 is 10.6 Å². The van der Waals surface area contributed by atoms with E-state index in [-0.39, 0.29) is 5.91 Å². The van der Waals surface area contributed by atoms with Crippen LogP contribution in [0.3, 0.4) is 0 Å². The lowest BCUT2D eigenvalue weighted by Gasteiger charge is -2.39. The van der Waals surface area contributed by atoms with Gasteiger partial charge >= 0.3 is 0 Å². The number of hydrogen-bond donors (Lipinski definition) is 2. The van der Waals surface area contributed by atoms with Crippen LogP contribution in [0.1, 0.15) is 37.0 Å². The molecule has 5 heteroatoms. The van der Waals surface area contributed by atoms with Gasteiger partial charge in [0.15, 0.2) is 0 Å². The second-order valence-electron chi connectivity index (χ2n) is 6.61. The summed E-state index contributed by atoms with van der Waals surface area (Å²) in [4.78, 5) is 17.7. The van der Waals surface area contributed by atoms with Crippen molar-refractivity contribution in [3.05, 3.63) is 23.9 Å². The molecule has 0 saturated carbocycles. The normalized spacial score (nSPS) is 20.9.